The summed E-state index contributed by atoms with van der Waals surface area (Å²) in [6.07, 6.45) is 0.950. The van der Waals surface area contributed by atoms with Gasteiger partial charge in [0.25, 0.3) is 5.91 Å². The normalized spacial score (nSPS) is 11.9. The summed E-state index contributed by atoms with van der Waals surface area (Å²) in [4.78, 5) is 28.8. The van der Waals surface area contributed by atoms with E-state index in [4.69, 9.17) is 9.47 Å². The van der Waals surface area contributed by atoms with Crippen molar-refractivity contribution in [3.05, 3.63) is 70.7 Å². The molecule has 8 heteroatoms. The van der Waals surface area contributed by atoms with E-state index in [2.05, 4.69) is 15.6 Å². The number of hydrogen-bond acceptors (Lipinski definition) is 6. The molecule has 0 radical (unpaired) electrons. The van der Waals surface area contributed by atoms with Crippen LogP contribution >= 0.6 is 11.3 Å². The molecular weight excluding hydrogens is 390 g/mol. The van der Waals surface area contributed by atoms with E-state index in [-0.39, 0.29) is 25.0 Å². The molecule has 0 atom stereocenters. The predicted octanol–water partition coefficient (Wildman–Crippen LogP) is 3.03. The van der Waals surface area contributed by atoms with Crippen LogP contribution in [0.5, 0.6) is 11.5 Å². The Hall–Kier alpha value is -3.39. The van der Waals surface area contributed by atoms with Crippen LogP contribution in [-0.4, -0.2) is 30.1 Å². The van der Waals surface area contributed by atoms with Gasteiger partial charge in [-0.05, 0) is 30.2 Å². The molecule has 2 amide bonds. The van der Waals surface area contributed by atoms with Gasteiger partial charge in [-0.2, -0.15) is 0 Å². The van der Waals surface area contributed by atoms with Crippen molar-refractivity contribution in [3.8, 4) is 11.5 Å². The van der Waals surface area contributed by atoms with Crippen LogP contribution in [0.1, 0.15) is 21.6 Å². The maximum atomic E-state index is 12.4. The third-order valence-corrected chi connectivity index (χ3v) is 5.13. The highest BCUT2D eigenvalue weighted by atomic mass is 32.1. The van der Waals surface area contributed by atoms with E-state index in [1.807, 2.05) is 30.3 Å². The summed E-state index contributed by atoms with van der Waals surface area (Å²) in [5, 5.41) is 7.85. The summed E-state index contributed by atoms with van der Waals surface area (Å²) in [5.74, 6) is 0.775. The number of thiazole rings is 1. The molecule has 0 saturated carbocycles. The number of fused-ring (bicyclic) bond motifs is 1. The Morgan fingerprint density at radius 2 is 1.90 bits per heavy atom. The Kier molecular flexibility index (Phi) is 5.71. The molecule has 148 valence electrons. The van der Waals surface area contributed by atoms with Gasteiger partial charge in [0.2, 0.25) is 12.7 Å². The maximum absolute atomic E-state index is 12.4. The smallest absolute Gasteiger partial charge is 0.257 e. The van der Waals surface area contributed by atoms with Crippen LogP contribution < -0.4 is 20.1 Å². The molecule has 4 rings (SSSR count). The van der Waals surface area contributed by atoms with E-state index in [1.165, 1.54) is 16.9 Å². The molecule has 2 heterocycles. The Morgan fingerprint density at radius 1 is 1.07 bits per heavy atom. The highest BCUT2D eigenvalue weighted by molar-refractivity contribution is 7.14. The minimum absolute atomic E-state index is 0.0973. The fourth-order valence-corrected chi connectivity index (χ4v) is 3.58. The summed E-state index contributed by atoms with van der Waals surface area (Å²) >= 11 is 1.28. The van der Waals surface area contributed by atoms with Crippen molar-refractivity contribution in [1.82, 2.24) is 10.3 Å². The predicted molar refractivity (Wildman–Crippen MR) is 109 cm³/mol. The largest absolute Gasteiger partial charge is 0.454 e. The van der Waals surface area contributed by atoms with Crippen LogP contribution in [0.2, 0.25) is 0 Å². The summed E-state index contributed by atoms with van der Waals surface area (Å²) in [6.45, 7) is 0.727. The van der Waals surface area contributed by atoms with Crippen molar-refractivity contribution in [2.45, 2.75) is 12.8 Å². The zero-order chi connectivity index (χ0) is 20.1. The van der Waals surface area contributed by atoms with Gasteiger partial charge in [0.1, 0.15) is 0 Å². The van der Waals surface area contributed by atoms with Crippen LogP contribution in [0.15, 0.2) is 53.9 Å². The molecule has 0 spiro atoms. The molecule has 3 aromatic rings. The topological polar surface area (TPSA) is 89.6 Å². The van der Waals surface area contributed by atoms with E-state index < -0.39 is 0 Å². The third-order valence-electron chi connectivity index (χ3n) is 4.33. The van der Waals surface area contributed by atoms with Crippen LogP contribution in [0.4, 0.5) is 5.13 Å². The van der Waals surface area contributed by atoms with Gasteiger partial charge in [-0.25, -0.2) is 4.98 Å². The average molecular weight is 409 g/mol. The number of carbonyl (C=O) groups is 2. The second kappa shape index (κ2) is 8.74. The van der Waals surface area contributed by atoms with Crippen molar-refractivity contribution in [2.24, 2.45) is 0 Å². The second-order valence-electron chi connectivity index (χ2n) is 6.43. The molecule has 0 bridgehead atoms. The zero-order valence-electron chi connectivity index (χ0n) is 15.5. The quantitative estimate of drug-likeness (QED) is 0.626. The minimum Gasteiger partial charge on any atom is -0.454 e. The molecule has 1 aliphatic heterocycles. The number of nitrogens with one attached hydrogen (secondary N) is 2. The van der Waals surface area contributed by atoms with Crippen LogP contribution in [0.25, 0.3) is 0 Å². The fraction of sp³-hybridized carbons (Fsp3) is 0.190. The standard InChI is InChI=1S/C21H19N3O4S/c25-19(22-9-8-14-4-2-1-3-5-14)11-16-12-29-21(23-16)24-20(26)15-6-7-17-18(10-15)28-13-27-17/h1-7,10,12H,8-9,11,13H2,(H,22,25)(H,23,24,26). The van der Waals surface area contributed by atoms with E-state index >= 15 is 0 Å². The maximum Gasteiger partial charge on any atom is 0.257 e. The minimum atomic E-state index is -0.295. The second-order valence-corrected chi connectivity index (χ2v) is 7.29. The summed E-state index contributed by atoms with van der Waals surface area (Å²) < 4.78 is 10.5. The van der Waals surface area contributed by atoms with Gasteiger partial charge in [-0.1, -0.05) is 30.3 Å². The first kappa shape index (κ1) is 18.9. The number of rotatable bonds is 7. The van der Waals surface area contributed by atoms with Gasteiger partial charge >= 0.3 is 0 Å². The van der Waals surface area contributed by atoms with E-state index in [0.717, 1.165) is 6.42 Å². The Morgan fingerprint density at radius 3 is 2.76 bits per heavy atom. The van der Waals surface area contributed by atoms with Crippen molar-refractivity contribution in [3.63, 3.8) is 0 Å². The molecule has 0 aliphatic carbocycles. The Bertz CT molecular complexity index is 1020. The number of hydrogen-bond donors (Lipinski definition) is 2. The lowest BCUT2D eigenvalue weighted by molar-refractivity contribution is -0.120. The first-order valence-electron chi connectivity index (χ1n) is 9.13. The lowest BCUT2D eigenvalue weighted by Gasteiger charge is -2.04. The Labute approximate surface area is 171 Å². The number of anilines is 1. The highest BCUT2D eigenvalue weighted by Crippen LogP contribution is 2.32. The highest BCUT2D eigenvalue weighted by Gasteiger charge is 2.17. The molecule has 29 heavy (non-hydrogen) atoms. The van der Waals surface area contributed by atoms with Gasteiger partial charge in [-0.15, -0.1) is 11.3 Å². The number of amides is 2. The Balaban J connectivity index is 1.27. The van der Waals surface area contributed by atoms with E-state index in [9.17, 15) is 9.59 Å². The molecule has 2 aromatic carbocycles. The lowest BCUT2D eigenvalue weighted by Crippen LogP contribution is -2.27. The van der Waals surface area contributed by atoms with Gasteiger partial charge in [0.15, 0.2) is 16.6 Å². The molecule has 2 N–H and O–H groups in total. The third kappa shape index (κ3) is 4.91. The average Bonchev–Trinajstić information content (AvgIpc) is 3.37. The molecule has 7 nitrogen and oxygen atoms in total. The van der Waals surface area contributed by atoms with Crippen molar-refractivity contribution in [2.75, 3.05) is 18.7 Å². The number of carbonyl (C=O) groups excluding carboxylic acids is 2. The lowest BCUT2D eigenvalue weighted by atomic mass is 10.1. The summed E-state index contributed by atoms with van der Waals surface area (Å²) in [5.41, 5.74) is 2.24. The number of ether oxygens (including phenoxy) is 2. The molecular formula is C21H19N3O4S. The van der Waals surface area contributed by atoms with E-state index in [1.54, 1.807) is 23.6 Å². The van der Waals surface area contributed by atoms with Crippen molar-refractivity contribution in [1.29, 1.82) is 0 Å². The monoisotopic (exact) mass is 409 g/mol. The molecule has 0 unspecified atom stereocenters. The van der Waals surface area contributed by atoms with Gasteiger partial charge in [0.05, 0.1) is 12.1 Å². The molecule has 1 aliphatic rings. The van der Waals surface area contributed by atoms with Gasteiger partial charge in [0, 0.05) is 17.5 Å². The van der Waals surface area contributed by atoms with Crippen LogP contribution in [0, 0.1) is 0 Å². The molecule has 0 saturated heterocycles. The summed E-state index contributed by atoms with van der Waals surface area (Å²) in [7, 11) is 0. The van der Waals surface area contributed by atoms with E-state index in [0.29, 0.717) is 34.4 Å². The zero-order valence-corrected chi connectivity index (χ0v) is 16.3. The van der Waals surface area contributed by atoms with Gasteiger partial charge in [-0.3, -0.25) is 14.9 Å². The molecule has 0 fully saturated rings. The van der Waals surface area contributed by atoms with Crippen LogP contribution in [0.3, 0.4) is 0 Å². The van der Waals surface area contributed by atoms with Crippen LogP contribution in [-0.2, 0) is 17.6 Å². The fourth-order valence-electron chi connectivity index (χ4n) is 2.87. The van der Waals surface area contributed by atoms with Crippen molar-refractivity contribution < 1.29 is 19.1 Å². The number of aromatic nitrogens is 1. The SMILES string of the molecule is O=C(Cc1csc(NC(=O)c2ccc3c(c2)OCO3)n1)NCCc1ccccc1. The first-order valence-corrected chi connectivity index (χ1v) is 10.0. The number of benzene rings is 2. The first-order chi connectivity index (χ1) is 14.2. The summed E-state index contributed by atoms with van der Waals surface area (Å²) in [6, 6.07) is 15.0. The van der Waals surface area contributed by atoms with Gasteiger partial charge < -0.3 is 14.8 Å². The number of nitrogens with zero attached hydrogens (tertiary/aromatic N) is 1. The molecule has 1 aromatic heterocycles. The van der Waals surface area contributed by atoms with Crippen molar-refractivity contribution >= 4 is 28.3 Å².